The predicted octanol–water partition coefficient (Wildman–Crippen LogP) is 3.11. The van der Waals surface area contributed by atoms with Crippen LogP contribution in [0.5, 0.6) is 11.5 Å². The van der Waals surface area contributed by atoms with Crippen molar-refractivity contribution in [1.29, 1.82) is 5.41 Å². The number of rotatable bonds is 8. The second-order valence-electron chi connectivity index (χ2n) is 10.4. The minimum atomic E-state index is -0.349. The maximum atomic E-state index is 13.8. The average Bonchev–Trinajstić information content (AvgIpc) is 3.01. The minimum Gasteiger partial charge on any atom is -0.493 e. The summed E-state index contributed by atoms with van der Waals surface area (Å²) in [5, 5.41) is 9.38. The van der Waals surface area contributed by atoms with Gasteiger partial charge in [-0.25, -0.2) is 4.98 Å². The van der Waals surface area contributed by atoms with Crippen LogP contribution in [0.2, 0.25) is 0 Å². The van der Waals surface area contributed by atoms with Gasteiger partial charge in [-0.2, -0.15) is 0 Å². The van der Waals surface area contributed by atoms with E-state index in [1.807, 2.05) is 31.2 Å². The number of nitrogens with zero attached hydrogens (tertiary/aromatic N) is 4. The second kappa shape index (κ2) is 12.1. The van der Waals surface area contributed by atoms with Gasteiger partial charge in [0.05, 0.1) is 37.7 Å². The van der Waals surface area contributed by atoms with E-state index in [1.165, 1.54) is 10.5 Å². The Labute approximate surface area is 242 Å². The molecule has 0 unspecified atom stereocenters. The molecule has 5 rings (SSSR count). The molecule has 11 nitrogen and oxygen atoms in total. The first-order valence-electron chi connectivity index (χ1n) is 14.0. The van der Waals surface area contributed by atoms with Crippen LogP contribution < -0.4 is 20.5 Å². The van der Waals surface area contributed by atoms with Gasteiger partial charge >= 0.3 is 5.97 Å². The molecule has 1 fully saturated rings. The number of carbonyl (C=O) groups excluding carboxylic acids is 2. The van der Waals surface area contributed by atoms with Crippen molar-refractivity contribution in [2.24, 2.45) is 5.92 Å². The molecule has 0 spiro atoms. The van der Waals surface area contributed by atoms with E-state index in [2.05, 4.69) is 0 Å². The van der Waals surface area contributed by atoms with E-state index in [1.54, 1.807) is 42.9 Å². The van der Waals surface area contributed by atoms with E-state index in [9.17, 15) is 14.4 Å². The Kier molecular flexibility index (Phi) is 8.28. The molecule has 1 N–H and O–H groups in total. The third-order valence-electron chi connectivity index (χ3n) is 7.84. The Morgan fingerprint density at radius 2 is 1.79 bits per heavy atom. The van der Waals surface area contributed by atoms with Gasteiger partial charge in [0.25, 0.3) is 11.5 Å². The van der Waals surface area contributed by atoms with Crippen LogP contribution in [0.1, 0.15) is 41.3 Å². The van der Waals surface area contributed by atoms with Crippen molar-refractivity contribution in [3.63, 3.8) is 0 Å². The van der Waals surface area contributed by atoms with Crippen LogP contribution in [-0.4, -0.2) is 64.6 Å². The molecule has 3 aromatic heterocycles. The number of pyridine rings is 2. The zero-order valence-electron chi connectivity index (χ0n) is 24.3. The molecule has 1 aliphatic heterocycles. The normalized spacial score (nSPS) is 13.9. The molecule has 1 aromatic carbocycles. The summed E-state index contributed by atoms with van der Waals surface area (Å²) in [7, 11) is 3.14. The number of esters is 1. The van der Waals surface area contributed by atoms with Crippen LogP contribution in [-0.2, 0) is 22.5 Å². The smallest absolute Gasteiger partial charge is 0.309 e. The molecular weight excluding hydrogens is 538 g/mol. The summed E-state index contributed by atoms with van der Waals surface area (Å²) in [6.07, 6.45) is 3.11. The highest BCUT2D eigenvalue weighted by molar-refractivity contribution is 5.97. The number of hydrogen-bond donors (Lipinski definition) is 1. The highest BCUT2D eigenvalue weighted by atomic mass is 16.5. The third kappa shape index (κ3) is 5.34. The van der Waals surface area contributed by atoms with Gasteiger partial charge in [0.1, 0.15) is 16.8 Å². The number of likely N-dealkylation sites (tertiary alicyclic amines) is 1. The SMILES string of the molecule is CCOC(=O)C1CCN(C(=O)c2cc3c(=O)n4cccc(C)c4nc3n(CCc3ccc(OC)c(OC)c3)c2=N)CC1. The largest absolute Gasteiger partial charge is 0.493 e. The highest BCUT2D eigenvalue weighted by Crippen LogP contribution is 2.28. The summed E-state index contributed by atoms with van der Waals surface area (Å²) in [6, 6.07) is 10.8. The number of ether oxygens (including phenoxy) is 3. The molecule has 0 aliphatic carbocycles. The number of amides is 1. The lowest BCUT2D eigenvalue weighted by Gasteiger charge is -2.31. The van der Waals surface area contributed by atoms with Crippen molar-refractivity contribution in [2.75, 3.05) is 33.9 Å². The lowest BCUT2D eigenvalue weighted by atomic mass is 9.96. The molecule has 1 saturated heterocycles. The number of hydrogen-bond acceptors (Lipinski definition) is 8. The third-order valence-corrected chi connectivity index (χ3v) is 7.84. The van der Waals surface area contributed by atoms with Crippen LogP contribution in [0.25, 0.3) is 16.7 Å². The second-order valence-corrected chi connectivity index (χ2v) is 10.4. The molecule has 220 valence electrons. The number of carbonyl (C=O) groups is 2. The standard InChI is InChI=1S/C31H35N5O6/c1-5-42-31(39)21-11-14-34(15-12-21)29(37)22-18-23-28(33-27-19(2)7-6-13-36(27)30(23)38)35(26(22)32)16-10-20-8-9-24(40-3)25(17-20)41-4/h6-9,13,17-18,21,32H,5,10-12,14-16H2,1-4H3. The van der Waals surface area contributed by atoms with Crippen molar-refractivity contribution >= 4 is 28.6 Å². The summed E-state index contributed by atoms with van der Waals surface area (Å²) in [5.74, 6) is 0.347. The molecule has 4 heterocycles. The summed E-state index contributed by atoms with van der Waals surface area (Å²) < 4.78 is 19.1. The number of benzene rings is 1. The fraction of sp³-hybridized carbons (Fsp3) is 0.387. The van der Waals surface area contributed by atoms with Crippen molar-refractivity contribution in [2.45, 2.75) is 39.7 Å². The van der Waals surface area contributed by atoms with E-state index in [4.69, 9.17) is 24.6 Å². The molecular formula is C31H35N5O6. The van der Waals surface area contributed by atoms with Gasteiger partial charge in [0.2, 0.25) is 0 Å². The molecule has 1 aliphatic rings. The van der Waals surface area contributed by atoms with Crippen LogP contribution >= 0.6 is 0 Å². The quantitative estimate of drug-likeness (QED) is 0.253. The lowest BCUT2D eigenvalue weighted by Crippen LogP contribution is -2.43. The van der Waals surface area contributed by atoms with E-state index >= 15 is 0 Å². The molecule has 0 atom stereocenters. The van der Waals surface area contributed by atoms with Crippen LogP contribution in [0, 0.1) is 18.3 Å². The molecule has 0 bridgehead atoms. The molecule has 0 radical (unpaired) electrons. The first kappa shape index (κ1) is 28.8. The van der Waals surface area contributed by atoms with Gasteiger partial charge in [-0.05, 0) is 68.5 Å². The first-order valence-corrected chi connectivity index (χ1v) is 14.0. The molecule has 4 aromatic rings. The minimum absolute atomic E-state index is 0.0228. The summed E-state index contributed by atoms with van der Waals surface area (Å²) in [4.78, 5) is 46.2. The Balaban J connectivity index is 1.57. The van der Waals surface area contributed by atoms with Gasteiger partial charge in [-0.15, -0.1) is 0 Å². The van der Waals surface area contributed by atoms with Gasteiger partial charge in [-0.1, -0.05) is 12.1 Å². The zero-order valence-corrected chi connectivity index (χ0v) is 24.3. The topological polar surface area (TPSA) is 128 Å². The molecule has 11 heteroatoms. The lowest BCUT2D eigenvalue weighted by molar-refractivity contribution is -0.149. The van der Waals surface area contributed by atoms with Crippen molar-refractivity contribution in [1.82, 2.24) is 18.9 Å². The van der Waals surface area contributed by atoms with Gasteiger partial charge in [0.15, 0.2) is 11.5 Å². The zero-order chi connectivity index (χ0) is 30.0. The van der Waals surface area contributed by atoms with Gasteiger partial charge < -0.3 is 23.7 Å². The predicted molar refractivity (Wildman–Crippen MR) is 156 cm³/mol. The average molecular weight is 574 g/mol. The van der Waals surface area contributed by atoms with Crippen molar-refractivity contribution < 1.29 is 23.8 Å². The summed E-state index contributed by atoms with van der Waals surface area (Å²) in [6.45, 7) is 4.98. The number of piperidine rings is 1. The fourth-order valence-electron chi connectivity index (χ4n) is 5.50. The summed E-state index contributed by atoms with van der Waals surface area (Å²) in [5.41, 5.74) is 2.37. The van der Waals surface area contributed by atoms with E-state index in [0.29, 0.717) is 68.3 Å². The number of aromatic nitrogens is 3. The number of aryl methyl sites for hydroxylation is 3. The summed E-state index contributed by atoms with van der Waals surface area (Å²) >= 11 is 0. The van der Waals surface area contributed by atoms with E-state index in [0.717, 1.165) is 11.1 Å². The van der Waals surface area contributed by atoms with Crippen molar-refractivity contribution in [3.05, 3.63) is 75.1 Å². The van der Waals surface area contributed by atoms with Crippen molar-refractivity contribution in [3.8, 4) is 11.5 Å². The maximum Gasteiger partial charge on any atom is 0.309 e. The Morgan fingerprint density at radius 1 is 1.05 bits per heavy atom. The first-order chi connectivity index (χ1) is 20.3. The van der Waals surface area contributed by atoms with Gasteiger partial charge in [0, 0.05) is 25.8 Å². The molecule has 1 amide bonds. The Hall–Kier alpha value is -4.67. The highest BCUT2D eigenvalue weighted by Gasteiger charge is 2.30. The monoisotopic (exact) mass is 573 g/mol. The number of fused-ring (bicyclic) bond motifs is 2. The molecule has 42 heavy (non-hydrogen) atoms. The maximum absolute atomic E-state index is 13.8. The molecule has 0 saturated carbocycles. The number of methoxy groups -OCH3 is 2. The van der Waals surface area contributed by atoms with Crippen LogP contribution in [0.3, 0.4) is 0 Å². The number of nitrogens with one attached hydrogen (secondary N) is 1. The van der Waals surface area contributed by atoms with Crippen LogP contribution in [0.15, 0.2) is 47.4 Å². The Bertz CT molecular complexity index is 1790. The van der Waals surface area contributed by atoms with Crippen LogP contribution in [0.4, 0.5) is 0 Å². The fourth-order valence-corrected chi connectivity index (χ4v) is 5.50. The van der Waals surface area contributed by atoms with Gasteiger partial charge in [-0.3, -0.25) is 24.2 Å². The van der Waals surface area contributed by atoms with E-state index in [-0.39, 0.29) is 39.8 Å². The Morgan fingerprint density at radius 3 is 2.48 bits per heavy atom. The van der Waals surface area contributed by atoms with E-state index < -0.39 is 0 Å².